The SMILES string of the molecule is C[C@@H]1[C@H](c2nnc(N)o2)CCCN1C(=O)OC(C)(C)C. The maximum Gasteiger partial charge on any atom is 0.410 e. The minimum atomic E-state index is -0.501. The van der Waals surface area contributed by atoms with E-state index in [4.69, 9.17) is 14.9 Å². The average molecular weight is 282 g/mol. The first kappa shape index (κ1) is 14.6. The second kappa shape index (κ2) is 5.30. The van der Waals surface area contributed by atoms with Crippen LogP contribution in [0, 0.1) is 0 Å². The number of carbonyl (C=O) groups excluding carboxylic acids is 1. The summed E-state index contributed by atoms with van der Waals surface area (Å²) in [6.07, 6.45) is 1.46. The first-order valence-corrected chi connectivity index (χ1v) is 6.86. The molecule has 1 aliphatic heterocycles. The smallest absolute Gasteiger partial charge is 0.410 e. The van der Waals surface area contributed by atoms with Crippen LogP contribution in [0.1, 0.15) is 52.3 Å². The molecule has 1 saturated heterocycles. The van der Waals surface area contributed by atoms with Gasteiger partial charge in [0.15, 0.2) is 0 Å². The standard InChI is InChI=1S/C13H22N4O3/c1-8-9(10-15-16-11(14)19-10)6-5-7-17(8)12(18)20-13(2,3)4/h8-9H,5-7H2,1-4H3,(H2,14,16)/t8-,9-/m1/s1. The number of nitrogen functional groups attached to an aromatic ring is 1. The molecule has 0 unspecified atom stereocenters. The van der Waals surface area contributed by atoms with E-state index in [1.54, 1.807) is 4.90 Å². The summed E-state index contributed by atoms with van der Waals surface area (Å²) < 4.78 is 10.7. The van der Waals surface area contributed by atoms with Crippen LogP contribution >= 0.6 is 0 Å². The van der Waals surface area contributed by atoms with Crippen LogP contribution in [-0.4, -0.2) is 39.4 Å². The van der Waals surface area contributed by atoms with Gasteiger partial charge in [-0.05, 0) is 40.5 Å². The number of hydrogen-bond acceptors (Lipinski definition) is 6. The van der Waals surface area contributed by atoms with E-state index in [0.717, 1.165) is 12.8 Å². The van der Waals surface area contributed by atoms with E-state index in [-0.39, 0.29) is 24.1 Å². The summed E-state index contributed by atoms with van der Waals surface area (Å²) in [5.41, 5.74) is 4.96. The Kier molecular flexibility index (Phi) is 3.87. The van der Waals surface area contributed by atoms with E-state index in [1.165, 1.54) is 0 Å². The number of amides is 1. The van der Waals surface area contributed by atoms with Crippen LogP contribution in [0.15, 0.2) is 4.42 Å². The predicted molar refractivity (Wildman–Crippen MR) is 73.1 cm³/mol. The summed E-state index contributed by atoms with van der Waals surface area (Å²) in [5, 5.41) is 7.62. The zero-order valence-corrected chi connectivity index (χ0v) is 12.4. The Morgan fingerprint density at radius 3 is 2.70 bits per heavy atom. The lowest BCUT2D eigenvalue weighted by atomic mass is 9.90. The normalized spacial score (nSPS) is 23.7. The van der Waals surface area contributed by atoms with Gasteiger partial charge in [-0.25, -0.2) is 4.79 Å². The third-order valence-corrected chi connectivity index (χ3v) is 3.39. The van der Waals surface area contributed by atoms with Crippen molar-refractivity contribution in [2.24, 2.45) is 0 Å². The molecular weight excluding hydrogens is 260 g/mol. The van der Waals surface area contributed by atoms with Crippen LogP contribution in [0.2, 0.25) is 0 Å². The van der Waals surface area contributed by atoms with Gasteiger partial charge in [0.2, 0.25) is 5.89 Å². The Labute approximate surface area is 118 Å². The highest BCUT2D eigenvalue weighted by Crippen LogP contribution is 2.32. The van der Waals surface area contributed by atoms with Crippen molar-refractivity contribution < 1.29 is 13.9 Å². The number of nitrogens with two attached hydrogens (primary N) is 1. The molecule has 20 heavy (non-hydrogen) atoms. The second-order valence-electron chi connectivity index (χ2n) is 6.14. The number of aromatic nitrogens is 2. The van der Waals surface area contributed by atoms with Gasteiger partial charge in [-0.15, -0.1) is 5.10 Å². The van der Waals surface area contributed by atoms with Gasteiger partial charge in [0.05, 0.1) is 5.92 Å². The average Bonchev–Trinajstić information content (AvgIpc) is 2.73. The molecule has 1 amide bonds. The summed E-state index contributed by atoms with van der Waals surface area (Å²) in [6, 6.07) is 0.0000384. The molecule has 112 valence electrons. The molecule has 2 rings (SSSR count). The molecule has 1 aromatic rings. The minimum absolute atomic E-state index is 0.000989. The minimum Gasteiger partial charge on any atom is -0.444 e. The van der Waals surface area contributed by atoms with Crippen LogP contribution in [0.5, 0.6) is 0 Å². The fourth-order valence-corrected chi connectivity index (χ4v) is 2.45. The van der Waals surface area contributed by atoms with E-state index >= 15 is 0 Å². The van der Waals surface area contributed by atoms with Crippen molar-refractivity contribution in [1.29, 1.82) is 0 Å². The number of likely N-dealkylation sites (tertiary alicyclic amines) is 1. The Morgan fingerprint density at radius 2 is 2.15 bits per heavy atom. The summed E-state index contributed by atoms with van der Waals surface area (Å²) in [4.78, 5) is 13.9. The molecule has 0 saturated carbocycles. The number of piperidine rings is 1. The second-order valence-corrected chi connectivity index (χ2v) is 6.14. The third-order valence-electron chi connectivity index (χ3n) is 3.39. The van der Waals surface area contributed by atoms with E-state index < -0.39 is 5.60 Å². The molecule has 2 N–H and O–H groups in total. The van der Waals surface area contributed by atoms with Crippen molar-refractivity contribution in [1.82, 2.24) is 15.1 Å². The van der Waals surface area contributed by atoms with Crippen LogP contribution in [0.3, 0.4) is 0 Å². The first-order valence-electron chi connectivity index (χ1n) is 6.86. The fourth-order valence-electron chi connectivity index (χ4n) is 2.45. The van der Waals surface area contributed by atoms with E-state index in [1.807, 2.05) is 27.7 Å². The van der Waals surface area contributed by atoms with Crippen molar-refractivity contribution in [3.05, 3.63) is 5.89 Å². The van der Waals surface area contributed by atoms with Crippen molar-refractivity contribution in [2.45, 2.75) is 58.1 Å². The molecule has 2 atom stereocenters. The van der Waals surface area contributed by atoms with Crippen LogP contribution in [0.25, 0.3) is 0 Å². The van der Waals surface area contributed by atoms with Crippen molar-refractivity contribution in [3.8, 4) is 0 Å². The quantitative estimate of drug-likeness (QED) is 0.848. The van der Waals surface area contributed by atoms with Gasteiger partial charge in [0.1, 0.15) is 5.60 Å². The highest BCUT2D eigenvalue weighted by molar-refractivity contribution is 5.68. The van der Waals surface area contributed by atoms with Crippen molar-refractivity contribution in [3.63, 3.8) is 0 Å². The fraction of sp³-hybridized carbons (Fsp3) is 0.769. The number of rotatable bonds is 1. The molecule has 0 aromatic carbocycles. The van der Waals surface area contributed by atoms with Gasteiger partial charge in [-0.1, -0.05) is 5.10 Å². The van der Waals surface area contributed by atoms with Gasteiger partial charge in [0, 0.05) is 12.6 Å². The number of anilines is 1. The Hall–Kier alpha value is -1.79. The lowest BCUT2D eigenvalue weighted by Gasteiger charge is -2.38. The van der Waals surface area contributed by atoms with E-state index in [2.05, 4.69) is 10.2 Å². The molecule has 0 radical (unpaired) electrons. The van der Waals surface area contributed by atoms with Gasteiger partial charge in [0.25, 0.3) is 0 Å². The highest BCUT2D eigenvalue weighted by Gasteiger charge is 2.36. The summed E-state index contributed by atoms with van der Waals surface area (Å²) in [6.45, 7) is 8.21. The lowest BCUT2D eigenvalue weighted by molar-refractivity contribution is 0.00762. The molecule has 0 aliphatic carbocycles. The Morgan fingerprint density at radius 1 is 1.45 bits per heavy atom. The molecule has 0 spiro atoms. The number of nitrogens with zero attached hydrogens (tertiary/aromatic N) is 3. The largest absolute Gasteiger partial charge is 0.444 e. The van der Waals surface area contributed by atoms with Crippen LogP contribution in [0.4, 0.5) is 10.8 Å². The van der Waals surface area contributed by atoms with Crippen LogP contribution in [-0.2, 0) is 4.74 Å². The third kappa shape index (κ3) is 3.20. The zero-order chi connectivity index (χ0) is 14.9. The number of carbonyl (C=O) groups is 1. The maximum atomic E-state index is 12.2. The van der Waals surface area contributed by atoms with Gasteiger partial charge in [-0.2, -0.15) is 0 Å². The molecule has 7 heteroatoms. The maximum absolute atomic E-state index is 12.2. The predicted octanol–water partition coefficient (Wildman–Crippen LogP) is 2.15. The number of hydrogen-bond donors (Lipinski definition) is 1. The summed E-state index contributed by atoms with van der Waals surface area (Å²) in [7, 11) is 0. The molecule has 0 bridgehead atoms. The number of ether oxygens (including phenoxy) is 1. The lowest BCUT2D eigenvalue weighted by Crippen LogP contribution is -2.48. The monoisotopic (exact) mass is 282 g/mol. The van der Waals surface area contributed by atoms with Crippen LogP contribution < -0.4 is 5.73 Å². The van der Waals surface area contributed by atoms with E-state index in [0.29, 0.717) is 12.4 Å². The molecule has 1 aromatic heterocycles. The summed E-state index contributed by atoms with van der Waals surface area (Å²) >= 11 is 0. The van der Waals surface area contributed by atoms with E-state index in [9.17, 15) is 4.79 Å². The van der Waals surface area contributed by atoms with Gasteiger partial charge in [-0.3, -0.25) is 0 Å². The molecular formula is C13H22N4O3. The summed E-state index contributed by atoms with van der Waals surface area (Å²) in [5.74, 6) is 0.490. The highest BCUT2D eigenvalue weighted by atomic mass is 16.6. The first-order chi connectivity index (χ1) is 9.28. The topological polar surface area (TPSA) is 94.5 Å². The Balaban J connectivity index is 2.10. The Bertz CT molecular complexity index is 480. The van der Waals surface area contributed by atoms with Gasteiger partial charge < -0.3 is 19.8 Å². The molecule has 1 fully saturated rings. The van der Waals surface area contributed by atoms with Crippen molar-refractivity contribution >= 4 is 12.1 Å². The zero-order valence-electron chi connectivity index (χ0n) is 12.4. The molecule has 7 nitrogen and oxygen atoms in total. The van der Waals surface area contributed by atoms with Gasteiger partial charge >= 0.3 is 12.1 Å². The molecule has 1 aliphatic rings. The van der Waals surface area contributed by atoms with Crippen molar-refractivity contribution in [2.75, 3.05) is 12.3 Å². The molecule has 2 heterocycles.